The van der Waals surface area contributed by atoms with E-state index in [9.17, 15) is 22.4 Å². The topological polar surface area (TPSA) is 114 Å². The number of Topliss-reactive ketones (excluding diaryl/α,β-unsaturated/α-hetero) is 1. The minimum atomic E-state index is -4.26. The number of ketones is 1. The van der Waals surface area contributed by atoms with Gasteiger partial charge in [0.05, 0.1) is 5.69 Å². The van der Waals surface area contributed by atoms with E-state index in [1.54, 1.807) is 0 Å². The van der Waals surface area contributed by atoms with E-state index in [-0.39, 0.29) is 17.0 Å². The van der Waals surface area contributed by atoms with Crippen molar-refractivity contribution < 1.29 is 31.9 Å². The van der Waals surface area contributed by atoms with Gasteiger partial charge in [-0.15, -0.1) is 0 Å². The van der Waals surface area contributed by atoms with E-state index in [4.69, 9.17) is 9.52 Å². The summed E-state index contributed by atoms with van der Waals surface area (Å²) in [7, 11) is -4.26. The van der Waals surface area contributed by atoms with E-state index in [1.165, 1.54) is 13.8 Å². The molecule has 1 aromatic carbocycles. The van der Waals surface area contributed by atoms with E-state index in [0.717, 1.165) is 24.3 Å². The van der Waals surface area contributed by atoms with Crippen LogP contribution in [0.15, 0.2) is 33.6 Å². The van der Waals surface area contributed by atoms with Crippen LogP contribution in [-0.4, -0.2) is 25.3 Å². The Labute approximate surface area is 130 Å². The monoisotopic (exact) mass is 341 g/mol. The minimum Gasteiger partial charge on any atom is -0.475 e. The van der Waals surface area contributed by atoms with Crippen molar-refractivity contribution >= 4 is 27.5 Å². The molecule has 2 N–H and O–H groups in total. The van der Waals surface area contributed by atoms with Crippen LogP contribution in [-0.2, 0) is 10.0 Å². The van der Waals surface area contributed by atoms with E-state index in [2.05, 4.69) is 4.72 Å². The zero-order valence-corrected chi connectivity index (χ0v) is 12.9. The first-order valence-electron chi connectivity index (χ1n) is 6.29. The van der Waals surface area contributed by atoms with Gasteiger partial charge >= 0.3 is 5.97 Å². The second kappa shape index (κ2) is 5.84. The van der Waals surface area contributed by atoms with Gasteiger partial charge in [0.25, 0.3) is 10.0 Å². The Hall–Kier alpha value is -2.68. The second-order valence-electron chi connectivity index (χ2n) is 4.69. The predicted molar refractivity (Wildman–Crippen MR) is 77.6 cm³/mol. The number of aryl methyl sites for hydroxylation is 1. The molecule has 9 heteroatoms. The smallest absolute Gasteiger partial charge is 0.371 e. The van der Waals surface area contributed by atoms with Gasteiger partial charge in [0.2, 0.25) is 5.76 Å². The number of aromatic carboxylic acids is 1. The first-order valence-corrected chi connectivity index (χ1v) is 7.77. The van der Waals surface area contributed by atoms with Crippen LogP contribution in [0.4, 0.5) is 10.1 Å². The lowest BCUT2D eigenvalue weighted by molar-refractivity contribution is 0.0660. The molecular weight excluding hydrogens is 329 g/mol. The van der Waals surface area contributed by atoms with Crippen LogP contribution < -0.4 is 4.72 Å². The average molecular weight is 341 g/mol. The van der Waals surface area contributed by atoms with Crippen molar-refractivity contribution in [3.8, 4) is 0 Å². The molecule has 0 aliphatic rings. The first kappa shape index (κ1) is 16.7. The van der Waals surface area contributed by atoms with Crippen LogP contribution in [0.1, 0.15) is 33.6 Å². The summed E-state index contributed by atoms with van der Waals surface area (Å²) in [5.41, 5.74) is -0.260. The maximum Gasteiger partial charge on any atom is 0.371 e. The number of anilines is 1. The summed E-state index contributed by atoms with van der Waals surface area (Å²) >= 11 is 0. The van der Waals surface area contributed by atoms with Gasteiger partial charge in [-0.05, 0) is 32.0 Å². The highest BCUT2D eigenvalue weighted by Crippen LogP contribution is 2.25. The summed E-state index contributed by atoms with van der Waals surface area (Å²) in [6.07, 6.45) is 0. The maximum atomic E-state index is 13.3. The van der Waals surface area contributed by atoms with E-state index in [1.807, 2.05) is 0 Å². The molecule has 0 saturated carbocycles. The van der Waals surface area contributed by atoms with Gasteiger partial charge in [0.1, 0.15) is 16.5 Å². The summed E-state index contributed by atoms with van der Waals surface area (Å²) in [6.45, 7) is 2.48. The summed E-state index contributed by atoms with van der Waals surface area (Å²) in [4.78, 5) is 21.9. The summed E-state index contributed by atoms with van der Waals surface area (Å²) in [5, 5.41) is 8.83. The number of benzene rings is 1. The third kappa shape index (κ3) is 3.39. The fraction of sp³-hybridized carbons (Fsp3) is 0.143. The number of hydrogen-bond acceptors (Lipinski definition) is 5. The lowest BCUT2D eigenvalue weighted by Gasteiger charge is -2.10. The van der Waals surface area contributed by atoms with Crippen molar-refractivity contribution in [2.24, 2.45) is 0 Å². The van der Waals surface area contributed by atoms with Crippen molar-refractivity contribution in [3.05, 3.63) is 47.2 Å². The zero-order chi connectivity index (χ0) is 17.4. The van der Waals surface area contributed by atoms with Crippen LogP contribution in [0.3, 0.4) is 0 Å². The van der Waals surface area contributed by atoms with Crippen molar-refractivity contribution in [3.63, 3.8) is 0 Å². The Morgan fingerprint density at radius 2 is 1.91 bits per heavy atom. The fourth-order valence-electron chi connectivity index (χ4n) is 1.95. The van der Waals surface area contributed by atoms with Gasteiger partial charge in [-0.3, -0.25) is 9.52 Å². The van der Waals surface area contributed by atoms with Gasteiger partial charge in [-0.25, -0.2) is 17.6 Å². The molecule has 0 amide bonds. The molecule has 0 spiro atoms. The average Bonchev–Trinajstić information content (AvgIpc) is 2.81. The molecule has 0 atom stereocenters. The zero-order valence-electron chi connectivity index (χ0n) is 12.1. The number of carboxylic acids is 1. The van der Waals surface area contributed by atoms with Gasteiger partial charge in [0, 0.05) is 11.6 Å². The number of carbonyl (C=O) groups is 2. The number of rotatable bonds is 5. The standard InChI is InChI=1S/C14H12FNO6S/c1-7(17)10-4-3-9(15)5-11(10)16-23(20,21)13-6-12(14(18)19)22-8(13)2/h3-6,16H,1-2H3,(H,18,19). The van der Waals surface area contributed by atoms with Crippen molar-refractivity contribution in [2.45, 2.75) is 18.7 Å². The molecular formula is C14H12FNO6S. The number of halogens is 1. The quantitative estimate of drug-likeness (QED) is 0.807. The van der Waals surface area contributed by atoms with Gasteiger partial charge in [-0.1, -0.05) is 0 Å². The van der Waals surface area contributed by atoms with E-state index < -0.39 is 38.2 Å². The highest BCUT2D eigenvalue weighted by atomic mass is 32.2. The van der Waals surface area contributed by atoms with Crippen LogP contribution in [0.2, 0.25) is 0 Å². The molecule has 2 aromatic rings. The molecule has 122 valence electrons. The molecule has 0 radical (unpaired) electrons. The lowest BCUT2D eigenvalue weighted by atomic mass is 10.1. The highest BCUT2D eigenvalue weighted by molar-refractivity contribution is 7.92. The fourth-order valence-corrected chi connectivity index (χ4v) is 3.20. The molecule has 0 bridgehead atoms. The largest absolute Gasteiger partial charge is 0.475 e. The van der Waals surface area contributed by atoms with Crippen molar-refractivity contribution in [2.75, 3.05) is 4.72 Å². The molecule has 0 aliphatic heterocycles. The molecule has 0 saturated heterocycles. The molecule has 0 aliphatic carbocycles. The van der Waals surface area contributed by atoms with Gasteiger partial charge in [0.15, 0.2) is 5.78 Å². The highest BCUT2D eigenvalue weighted by Gasteiger charge is 2.25. The van der Waals surface area contributed by atoms with E-state index >= 15 is 0 Å². The molecule has 2 rings (SSSR count). The summed E-state index contributed by atoms with van der Waals surface area (Å²) in [5.74, 6) is -3.31. The van der Waals surface area contributed by atoms with Crippen LogP contribution in [0.5, 0.6) is 0 Å². The first-order chi connectivity index (χ1) is 10.6. The minimum absolute atomic E-state index is 0.0189. The van der Waals surface area contributed by atoms with Gasteiger partial charge < -0.3 is 9.52 Å². The second-order valence-corrected chi connectivity index (χ2v) is 6.34. The van der Waals surface area contributed by atoms with Crippen molar-refractivity contribution in [1.82, 2.24) is 0 Å². The van der Waals surface area contributed by atoms with Gasteiger partial charge in [-0.2, -0.15) is 0 Å². The normalized spacial score (nSPS) is 11.3. The Bertz CT molecular complexity index is 900. The number of furan rings is 1. The molecule has 0 fully saturated rings. The molecule has 0 unspecified atom stereocenters. The predicted octanol–water partition coefficient (Wildman–Crippen LogP) is 2.43. The van der Waals surface area contributed by atoms with Crippen LogP contribution in [0.25, 0.3) is 0 Å². The number of nitrogens with one attached hydrogen (secondary N) is 1. The summed E-state index contributed by atoms with van der Waals surface area (Å²) < 4.78 is 44.9. The number of carboxylic acid groups (broad SMARTS) is 1. The SMILES string of the molecule is CC(=O)c1ccc(F)cc1NS(=O)(=O)c1cc(C(=O)O)oc1C. The molecule has 7 nitrogen and oxygen atoms in total. The molecule has 1 heterocycles. The number of carbonyl (C=O) groups excluding carboxylic acids is 1. The molecule has 1 aromatic heterocycles. The Balaban J connectivity index is 2.49. The van der Waals surface area contributed by atoms with Crippen LogP contribution >= 0.6 is 0 Å². The third-order valence-electron chi connectivity index (χ3n) is 2.98. The lowest BCUT2D eigenvalue weighted by Crippen LogP contribution is -2.15. The molecule has 23 heavy (non-hydrogen) atoms. The Morgan fingerprint density at radius 1 is 1.26 bits per heavy atom. The Morgan fingerprint density at radius 3 is 2.43 bits per heavy atom. The summed E-state index contributed by atoms with van der Waals surface area (Å²) in [6, 6.07) is 3.88. The van der Waals surface area contributed by atoms with Crippen LogP contribution in [0, 0.1) is 12.7 Å². The van der Waals surface area contributed by atoms with Crippen molar-refractivity contribution in [1.29, 1.82) is 0 Å². The van der Waals surface area contributed by atoms with E-state index in [0.29, 0.717) is 0 Å². The Kier molecular flexibility index (Phi) is 4.24. The maximum absolute atomic E-state index is 13.3. The number of sulfonamides is 1. The third-order valence-corrected chi connectivity index (χ3v) is 4.45. The number of hydrogen-bond donors (Lipinski definition) is 2.